The van der Waals surface area contributed by atoms with Crippen molar-refractivity contribution < 1.29 is 4.79 Å². The number of rotatable bonds is 4. The molecule has 0 aliphatic rings. The summed E-state index contributed by atoms with van der Waals surface area (Å²) in [5, 5.41) is 6.91. The molecule has 1 N–H and O–H groups in total. The zero-order valence-electron chi connectivity index (χ0n) is 8.95. The molecule has 0 aromatic carbocycles. The molecule has 0 saturated carbocycles. The molecule has 1 heterocycles. The van der Waals surface area contributed by atoms with Crippen LogP contribution < -0.4 is 5.32 Å². The van der Waals surface area contributed by atoms with Gasteiger partial charge in [0.25, 0.3) is 0 Å². The summed E-state index contributed by atoms with van der Waals surface area (Å²) >= 11 is 0. The Morgan fingerprint density at radius 1 is 1.57 bits per heavy atom. The lowest BCUT2D eigenvalue weighted by Crippen LogP contribution is -2.44. The van der Waals surface area contributed by atoms with Gasteiger partial charge in [0.15, 0.2) is 0 Å². The van der Waals surface area contributed by atoms with E-state index in [0.29, 0.717) is 0 Å². The third-order valence-corrected chi connectivity index (χ3v) is 2.23. The zero-order chi connectivity index (χ0) is 10.6. The van der Waals surface area contributed by atoms with E-state index in [-0.39, 0.29) is 18.0 Å². The van der Waals surface area contributed by atoms with Crippen molar-refractivity contribution in [1.29, 1.82) is 0 Å². The molecule has 0 fully saturated rings. The average molecular weight is 195 g/mol. The highest BCUT2D eigenvalue weighted by Crippen LogP contribution is 2.06. The summed E-state index contributed by atoms with van der Waals surface area (Å²) in [7, 11) is 0. The fraction of sp³-hybridized carbons (Fsp3) is 0.600. The van der Waals surface area contributed by atoms with E-state index in [2.05, 4.69) is 10.4 Å². The largest absolute Gasteiger partial charge is 0.350 e. The van der Waals surface area contributed by atoms with E-state index in [1.165, 1.54) is 0 Å². The van der Waals surface area contributed by atoms with Crippen LogP contribution >= 0.6 is 0 Å². The monoisotopic (exact) mass is 195 g/mol. The van der Waals surface area contributed by atoms with Crippen LogP contribution in [0, 0.1) is 0 Å². The van der Waals surface area contributed by atoms with Crippen molar-refractivity contribution in [2.75, 3.05) is 0 Å². The number of aromatic nitrogens is 2. The van der Waals surface area contributed by atoms with Crippen LogP contribution in [-0.4, -0.2) is 21.2 Å². The van der Waals surface area contributed by atoms with Gasteiger partial charge in [-0.2, -0.15) is 5.10 Å². The highest BCUT2D eigenvalue weighted by molar-refractivity contribution is 5.76. The van der Waals surface area contributed by atoms with Crippen LogP contribution in [0.3, 0.4) is 0 Å². The first-order valence-corrected chi connectivity index (χ1v) is 4.82. The third kappa shape index (κ3) is 3.20. The van der Waals surface area contributed by atoms with Gasteiger partial charge in [0.2, 0.25) is 5.91 Å². The highest BCUT2D eigenvalue weighted by Gasteiger charge is 2.17. The molecule has 0 radical (unpaired) electrons. The minimum Gasteiger partial charge on any atom is -0.350 e. The first-order chi connectivity index (χ1) is 6.53. The Bertz CT molecular complexity index is 290. The van der Waals surface area contributed by atoms with Crippen LogP contribution in [-0.2, 0) is 11.3 Å². The van der Waals surface area contributed by atoms with Gasteiger partial charge in [-0.25, -0.2) is 0 Å². The molecule has 14 heavy (non-hydrogen) atoms. The minimum atomic E-state index is -0.135. The molecule has 1 rings (SSSR count). The van der Waals surface area contributed by atoms with Gasteiger partial charge >= 0.3 is 0 Å². The molecule has 0 unspecified atom stereocenters. The van der Waals surface area contributed by atoms with Gasteiger partial charge in [-0.3, -0.25) is 9.48 Å². The van der Waals surface area contributed by atoms with Gasteiger partial charge in [0, 0.05) is 17.9 Å². The summed E-state index contributed by atoms with van der Waals surface area (Å²) in [6.45, 7) is 6.35. The van der Waals surface area contributed by atoms with Gasteiger partial charge in [0.1, 0.15) is 6.54 Å². The Morgan fingerprint density at radius 2 is 2.29 bits per heavy atom. The predicted octanol–water partition coefficient (Wildman–Crippen LogP) is 1.19. The molecule has 0 saturated heterocycles. The van der Waals surface area contributed by atoms with E-state index in [9.17, 15) is 4.79 Å². The smallest absolute Gasteiger partial charge is 0.242 e. The summed E-state index contributed by atoms with van der Waals surface area (Å²) in [6.07, 6.45) is 4.36. The quantitative estimate of drug-likeness (QED) is 0.784. The summed E-state index contributed by atoms with van der Waals surface area (Å²) in [5.74, 6) is 0.000509. The van der Waals surface area contributed by atoms with E-state index in [0.717, 1.165) is 6.42 Å². The molecule has 4 nitrogen and oxygen atoms in total. The van der Waals surface area contributed by atoms with Gasteiger partial charge in [0.05, 0.1) is 0 Å². The number of carbonyl (C=O) groups excluding carboxylic acids is 1. The molecule has 0 bridgehead atoms. The summed E-state index contributed by atoms with van der Waals surface area (Å²) in [6, 6.07) is 1.80. The van der Waals surface area contributed by atoms with Gasteiger partial charge < -0.3 is 5.32 Å². The molecular formula is C10H17N3O. The fourth-order valence-electron chi connectivity index (χ4n) is 1.05. The van der Waals surface area contributed by atoms with Crippen molar-refractivity contribution in [1.82, 2.24) is 15.1 Å². The Morgan fingerprint density at radius 3 is 2.79 bits per heavy atom. The van der Waals surface area contributed by atoms with E-state index in [1.807, 2.05) is 20.8 Å². The SMILES string of the molecule is CCC(C)(C)NC(=O)Cn1cccn1. The third-order valence-electron chi connectivity index (χ3n) is 2.23. The Hall–Kier alpha value is -1.32. The van der Waals surface area contributed by atoms with Crippen LogP contribution in [0.2, 0.25) is 0 Å². The Labute approximate surface area is 84.3 Å². The number of nitrogens with one attached hydrogen (secondary N) is 1. The standard InChI is InChI=1S/C10H17N3O/c1-4-10(2,3)12-9(14)8-13-7-5-6-11-13/h5-7H,4,8H2,1-3H3,(H,12,14). The maximum absolute atomic E-state index is 11.5. The normalized spacial score (nSPS) is 11.4. The molecule has 0 aliphatic carbocycles. The highest BCUT2D eigenvalue weighted by atomic mass is 16.2. The van der Waals surface area contributed by atoms with Crippen LogP contribution in [0.25, 0.3) is 0 Å². The second kappa shape index (κ2) is 4.26. The number of hydrogen-bond acceptors (Lipinski definition) is 2. The maximum atomic E-state index is 11.5. The lowest BCUT2D eigenvalue weighted by atomic mass is 10.0. The number of amides is 1. The van der Waals surface area contributed by atoms with Crippen molar-refractivity contribution in [2.24, 2.45) is 0 Å². The molecule has 0 atom stereocenters. The average Bonchev–Trinajstić information content (AvgIpc) is 2.55. The molecule has 1 aromatic heterocycles. The second-order valence-electron chi connectivity index (χ2n) is 3.99. The number of nitrogens with zero attached hydrogens (tertiary/aromatic N) is 2. The molecule has 0 spiro atoms. The lowest BCUT2D eigenvalue weighted by molar-refractivity contribution is -0.123. The topological polar surface area (TPSA) is 46.9 Å². The minimum absolute atomic E-state index is 0.000509. The predicted molar refractivity (Wildman–Crippen MR) is 54.7 cm³/mol. The van der Waals surface area contributed by atoms with E-state index < -0.39 is 0 Å². The van der Waals surface area contributed by atoms with E-state index >= 15 is 0 Å². The van der Waals surface area contributed by atoms with Crippen molar-refractivity contribution in [3.05, 3.63) is 18.5 Å². The first-order valence-electron chi connectivity index (χ1n) is 4.82. The number of carbonyl (C=O) groups is 1. The molecule has 1 amide bonds. The molecule has 0 aliphatic heterocycles. The second-order valence-corrected chi connectivity index (χ2v) is 3.99. The number of hydrogen-bond donors (Lipinski definition) is 1. The van der Waals surface area contributed by atoms with Crippen LogP contribution in [0.5, 0.6) is 0 Å². The van der Waals surface area contributed by atoms with E-state index in [4.69, 9.17) is 0 Å². The Balaban J connectivity index is 2.44. The van der Waals surface area contributed by atoms with Gasteiger partial charge in [-0.1, -0.05) is 6.92 Å². The van der Waals surface area contributed by atoms with Crippen molar-refractivity contribution in [3.8, 4) is 0 Å². The maximum Gasteiger partial charge on any atom is 0.242 e. The summed E-state index contributed by atoms with van der Waals surface area (Å²) < 4.78 is 1.61. The van der Waals surface area contributed by atoms with Crippen LogP contribution in [0.15, 0.2) is 18.5 Å². The Kier molecular flexibility index (Phi) is 3.28. The first kappa shape index (κ1) is 10.8. The van der Waals surface area contributed by atoms with Crippen molar-refractivity contribution in [3.63, 3.8) is 0 Å². The zero-order valence-corrected chi connectivity index (χ0v) is 8.95. The van der Waals surface area contributed by atoms with Crippen LogP contribution in [0.4, 0.5) is 0 Å². The van der Waals surface area contributed by atoms with Crippen LogP contribution in [0.1, 0.15) is 27.2 Å². The van der Waals surface area contributed by atoms with Gasteiger partial charge in [-0.05, 0) is 26.3 Å². The molecular weight excluding hydrogens is 178 g/mol. The molecule has 1 aromatic rings. The van der Waals surface area contributed by atoms with Crippen molar-refractivity contribution >= 4 is 5.91 Å². The van der Waals surface area contributed by atoms with Crippen molar-refractivity contribution in [2.45, 2.75) is 39.3 Å². The lowest BCUT2D eigenvalue weighted by Gasteiger charge is -2.24. The molecule has 4 heteroatoms. The summed E-state index contributed by atoms with van der Waals surface area (Å²) in [4.78, 5) is 11.5. The molecule has 78 valence electrons. The fourth-order valence-corrected chi connectivity index (χ4v) is 1.05. The van der Waals surface area contributed by atoms with Gasteiger partial charge in [-0.15, -0.1) is 0 Å². The summed E-state index contributed by atoms with van der Waals surface area (Å²) in [5.41, 5.74) is -0.135. The van der Waals surface area contributed by atoms with E-state index in [1.54, 1.807) is 23.1 Å².